The van der Waals surface area contributed by atoms with E-state index in [0.29, 0.717) is 0 Å². The lowest BCUT2D eigenvalue weighted by Crippen LogP contribution is -2.24. The van der Waals surface area contributed by atoms with Crippen LogP contribution in [0.1, 0.15) is 20.3 Å². The third-order valence-corrected chi connectivity index (χ3v) is 1.65. The minimum absolute atomic E-state index is 0.0972. The smallest absolute Gasteiger partial charge is 0.290 e. The number of rotatable bonds is 0. The highest BCUT2D eigenvalue weighted by Crippen LogP contribution is 2.23. The monoisotopic (exact) mass is 159 g/mol. The molecule has 0 saturated carbocycles. The molecule has 4 nitrogen and oxygen atoms in total. The Labute approximate surface area is 65.6 Å². The van der Waals surface area contributed by atoms with Crippen LogP contribution in [0, 0.1) is 5.41 Å². The maximum atomic E-state index is 10.8. The highest BCUT2D eigenvalue weighted by atomic mass is 16.3. The van der Waals surface area contributed by atoms with Crippen LogP contribution in [-0.2, 0) is 9.59 Å². The third-order valence-electron chi connectivity index (χ3n) is 1.65. The van der Waals surface area contributed by atoms with Crippen LogP contribution in [0.25, 0.3) is 0 Å². The highest BCUT2D eigenvalue weighted by Gasteiger charge is 2.31. The van der Waals surface area contributed by atoms with Crippen LogP contribution in [0.15, 0.2) is 0 Å². The fourth-order valence-electron chi connectivity index (χ4n) is 0.841. The maximum Gasteiger partial charge on any atom is 0.290 e. The summed E-state index contributed by atoms with van der Waals surface area (Å²) in [6.07, 6.45) is 0.978. The van der Waals surface area contributed by atoms with Gasteiger partial charge < -0.3 is 10.4 Å². The molecule has 0 unspecified atom stereocenters. The molecular weight excluding hydrogens is 146 g/mol. The Kier molecular flexibility index (Phi) is 3.57. The second-order valence-corrected chi connectivity index (χ2v) is 3.00. The second-order valence-electron chi connectivity index (χ2n) is 3.00. The Bertz CT molecular complexity index is 154. The molecule has 1 aliphatic rings. The van der Waals surface area contributed by atoms with Gasteiger partial charge in [0.1, 0.15) is 0 Å². The topological polar surface area (TPSA) is 66.4 Å². The number of hydrogen-bond donors (Lipinski definition) is 2. The van der Waals surface area contributed by atoms with Gasteiger partial charge in [0.2, 0.25) is 5.91 Å². The van der Waals surface area contributed by atoms with E-state index in [2.05, 4.69) is 5.32 Å². The molecular formula is C7H13NO3. The first-order valence-corrected chi connectivity index (χ1v) is 3.41. The Morgan fingerprint density at radius 1 is 1.64 bits per heavy atom. The summed E-state index contributed by atoms with van der Waals surface area (Å²) in [5.41, 5.74) is -0.0972. The Hall–Kier alpha value is -1.06. The molecule has 2 N–H and O–H groups in total. The molecule has 4 heteroatoms. The molecule has 1 saturated heterocycles. The van der Waals surface area contributed by atoms with Gasteiger partial charge in [-0.1, -0.05) is 13.8 Å². The summed E-state index contributed by atoms with van der Waals surface area (Å²) in [6, 6.07) is 0. The lowest BCUT2D eigenvalue weighted by atomic mass is 9.92. The Morgan fingerprint density at radius 3 is 2.18 bits per heavy atom. The van der Waals surface area contributed by atoms with E-state index < -0.39 is 0 Å². The molecule has 0 aromatic rings. The van der Waals surface area contributed by atoms with Crippen molar-refractivity contribution in [2.24, 2.45) is 5.41 Å². The van der Waals surface area contributed by atoms with Crippen LogP contribution in [0.3, 0.4) is 0 Å². The van der Waals surface area contributed by atoms with Crippen LogP contribution in [-0.4, -0.2) is 24.0 Å². The van der Waals surface area contributed by atoms with Crippen molar-refractivity contribution >= 4 is 12.4 Å². The molecule has 1 amide bonds. The lowest BCUT2D eigenvalue weighted by molar-refractivity contribution is -0.126. The highest BCUT2D eigenvalue weighted by molar-refractivity contribution is 5.83. The van der Waals surface area contributed by atoms with Gasteiger partial charge in [-0.25, -0.2) is 0 Å². The molecule has 1 aliphatic heterocycles. The molecule has 11 heavy (non-hydrogen) atoms. The van der Waals surface area contributed by atoms with E-state index in [1.54, 1.807) is 0 Å². The van der Waals surface area contributed by atoms with Crippen molar-refractivity contribution < 1.29 is 14.7 Å². The predicted molar refractivity (Wildman–Crippen MR) is 40.1 cm³/mol. The average molecular weight is 159 g/mol. The largest absolute Gasteiger partial charge is 0.483 e. The van der Waals surface area contributed by atoms with Crippen LogP contribution in [0.5, 0.6) is 0 Å². The molecule has 1 heterocycles. The van der Waals surface area contributed by atoms with Gasteiger partial charge in [-0.3, -0.25) is 9.59 Å². The van der Waals surface area contributed by atoms with Gasteiger partial charge in [-0.2, -0.15) is 0 Å². The molecule has 0 bridgehead atoms. The van der Waals surface area contributed by atoms with E-state index in [1.807, 2.05) is 13.8 Å². The Morgan fingerprint density at radius 2 is 2.09 bits per heavy atom. The third kappa shape index (κ3) is 3.02. The van der Waals surface area contributed by atoms with Crippen molar-refractivity contribution in [3.05, 3.63) is 0 Å². The summed E-state index contributed by atoms with van der Waals surface area (Å²) in [5.74, 6) is 0.192. The first-order chi connectivity index (χ1) is 5.04. The number of carbonyl (C=O) groups is 2. The number of carboxylic acid groups (broad SMARTS) is 1. The van der Waals surface area contributed by atoms with Crippen molar-refractivity contribution in [2.45, 2.75) is 20.3 Å². The molecule has 1 fully saturated rings. The quantitative estimate of drug-likeness (QED) is 0.497. The van der Waals surface area contributed by atoms with Crippen molar-refractivity contribution in [3.63, 3.8) is 0 Å². The fraction of sp³-hybridized carbons (Fsp3) is 0.714. The summed E-state index contributed by atoms with van der Waals surface area (Å²) < 4.78 is 0. The van der Waals surface area contributed by atoms with Gasteiger partial charge in [-0.15, -0.1) is 0 Å². The van der Waals surface area contributed by atoms with E-state index in [1.165, 1.54) is 0 Å². The minimum Gasteiger partial charge on any atom is -0.483 e. The summed E-state index contributed by atoms with van der Waals surface area (Å²) in [5, 5.41) is 9.66. The van der Waals surface area contributed by atoms with Gasteiger partial charge in [-0.05, 0) is 6.42 Å². The minimum atomic E-state index is -0.250. The number of nitrogens with one attached hydrogen (secondary N) is 1. The van der Waals surface area contributed by atoms with Gasteiger partial charge in [0.05, 0.1) is 0 Å². The number of carbonyl (C=O) groups excluding carboxylic acids is 1. The van der Waals surface area contributed by atoms with E-state index in [9.17, 15) is 4.79 Å². The number of hydrogen-bond acceptors (Lipinski definition) is 2. The van der Waals surface area contributed by atoms with E-state index >= 15 is 0 Å². The van der Waals surface area contributed by atoms with Crippen molar-refractivity contribution in [3.8, 4) is 0 Å². The van der Waals surface area contributed by atoms with Crippen molar-refractivity contribution in [1.82, 2.24) is 5.32 Å². The molecule has 64 valence electrons. The van der Waals surface area contributed by atoms with Crippen molar-refractivity contribution in [2.75, 3.05) is 6.54 Å². The molecule has 0 radical (unpaired) electrons. The predicted octanol–water partition coefficient (Wildman–Crippen LogP) is 0.233. The first-order valence-electron chi connectivity index (χ1n) is 3.41. The summed E-state index contributed by atoms with van der Waals surface area (Å²) >= 11 is 0. The Balaban J connectivity index is 0.000000292. The standard InChI is InChI=1S/C6H11NO.CH2O2/c1-6(2)3-4-7-5(6)8;2-1-3/h3-4H2,1-2H3,(H,7,8);1H,(H,2,3). The lowest BCUT2D eigenvalue weighted by Gasteiger charge is -2.10. The van der Waals surface area contributed by atoms with Gasteiger partial charge in [0, 0.05) is 12.0 Å². The van der Waals surface area contributed by atoms with Crippen LogP contribution in [0.2, 0.25) is 0 Å². The van der Waals surface area contributed by atoms with Crippen molar-refractivity contribution in [1.29, 1.82) is 0 Å². The van der Waals surface area contributed by atoms with Crippen LogP contribution >= 0.6 is 0 Å². The zero-order valence-corrected chi connectivity index (χ0v) is 6.76. The molecule has 0 aromatic carbocycles. The maximum absolute atomic E-state index is 10.8. The van der Waals surface area contributed by atoms with Crippen LogP contribution in [0.4, 0.5) is 0 Å². The normalized spacial score (nSPS) is 19.6. The zero-order chi connectivity index (χ0) is 8.91. The fourth-order valence-corrected chi connectivity index (χ4v) is 0.841. The van der Waals surface area contributed by atoms with Gasteiger partial charge >= 0.3 is 0 Å². The summed E-state index contributed by atoms with van der Waals surface area (Å²) in [4.78, 5) is 19.1. The molecule has 0 atom stereocenters. The molecule has 0 aliphatic carbocycles. The SMILES string of the molecule is CC1(C)CCNC1=O.O=CO. The van der Waals surface area contributed by atoms with E-state index in [4.69, 9.17) is 9.90 Å². The number of amides is 1. The van der Waals surface area contributed by atoms with Crippen LogP contribution < -0.4 is 5.32 Å². The zero-order valence-electron chi connectivity index (χ0n) is 6.76. The molecule has 0 spiro atoms. The molecule has 1 rings (SSSR count). The van der Waals surface area contributed by atoms with E-state index in [-0.39, 0.29) is 17.8 Å². The molecule has 0 aromatic heterocycles. The summed E-state index contributed by atoms with van der Waals surface area (Å²) in [6.45, 7) is 4.54. The first kappa shape index (κ1) is 9.94. The van der Waals surface area contributed by atoms with Gasteiger partial charge in [0.15, 0.2) is 0 Å². The average Bonchev–Trinajstić information content (AvgIpc) is 2.14. The second kappa shape index (κ2) is 3.95. The van der Waals surface area contributed by atoms with Gasteiger partial charge in [0.25, 0.3) is 6.47 Å². The van der Waals surface area contributed by atoms with E-state index in [0.717, 1.165) is 13.0 Å². The summed E-state index contributed by atoms with van der Waals surface area (Å²) in [7, 11) is 0.